The van der Waals surface area contributed by atoms with E-state index in [1.165, 1.54) is 0 Å². The molecule has 1 atom stereocenters. The summed E-state index contributed by atoms with van der Waals surface area (Å²) in [4.78, 5) is 12.1. The smallest absolute Gasteiger partial charge is 0.169 e. The van der Waals surface area contributed by atoms with Gasteiger partial charge in [-0.3, -0.25) is 4.90 Å². The van der Waals surface area contributed by atoms with Crippen molar-refractivity contribution in [1.29, 1.82) is 0 Å². The number of aromatic nitrogens is 3. The average molecular weight is 300 g/mol. The first kappa shape index (κ1) is 13.9. The maximum atomic E-state index is 4.89. The summed E-state index contributed by atoms with van der Waals surface area (Å²) in [6.07, 6.45) is 5.36. The molecule has 0 aliphatic carbocycles. The van der Waals surface area contributed by atoms with Gasteiger partial charge >= 0.3 is 0 Å². The minimum atomic E-state index is 0.181. The highest BCUT2D eigenvalue weighted by atomic mass is 32.1. The van der Waals surface area contributed by atoms with E-state index < -0.39 is 0 Å². The van der Waals surface area contributed by atoms with Gasteiger partial charge in [-0.25, -0.2) is 9.97 Å². The molecule has 6 heteroatoms. The molecule has 0 aliphatic heterocycles. The normalized spacial score (nSPS) is 12.7. The summed E-state index contributed by atoms with van der Waals surface area (Å²) in [5, 5.41) is 6.01. The van der Waals surface area contributed by atoms with Crippen molar-refractivity contribution in [3.8, 4) is 10.7 Å². The van der Waals surface area contributed by atoms with Crippen LogP contribution in [0.5, 0.6) is 0 Å². The van der Waals surface area contributed by atoms with Gasteiger partial charge in [0, 0.05) is 30.6 Å². The average Bonchev–Trinajstić information content (AvgIpc) is 3.20. The first-order chi connectivity index (χ1) is 10.2. The molecule has 3 aromatic rings. The van der Waals surface area contributed by atoms with E-state index in [2.05, 4.69) is 26.9 Å². The Balaban J connectivity index is 1.68. The molecule has 3 rings (SSSR count). The third kappa shape index (κ3) is 3.17. The Morgan fingerprint density at radius 3 is 2.71 bits per heavy atom. The van der Waals surface area contributed by atoms with E-state index in [0.717, 1.165) is 28.5 Å². The largest absolute Gasteiger partial charge is 0.364 e. The van der Waals surface area contributed by atoms with Crippen molar-refractivity contribution in [3.05, 3.63) is 53.5 Å². The van der Waals surface area contributed by atoms with E-state index >= 15 is 0 Å². The molecule has 5 nitrogen and oxygen atoms in total. The van der Waals surface area contributed by atoms with Gasteiger partial charge in [-0.15, -0.1) is 11.3 Å². The van der Waals surface area contributed by atoms with Crippen molar-refractivity contribution < 1.29 is 4.52 Å². The third-order valence-electron chi connectivity index (χ3n) is 3.43. The minimum absolute atomic E-state index is 0.181. The highest BCUT2D eigenvalue weighted by molar-refractivity contribution is 7.13. The SMILES string of the molecule is C[C@H](c1ccon1)N(C)Cc1cnc(-c2cccs2)nc1. The van der Waals surface area contributed by atoms with Crippen LogP contribution in [0.4, 0.5) is 0 Å². The van der Waals surface area contributed by atoms with Crippen LogP contribution in [0.3, 0.4) is 0 Å². The van der Waals surface area contributed by atoms with Crippen LogP contribution in [-0.4, -0.2) is 27.1 Å². The van der Waals surface area contributed by atoms with E-state index in [0.29, 0.717) is 0 Å². The van der Waals surface area contributed by atoms with Gasteiger partial charge in [0.05, 0.1) is 10.9 Å². The van der Waals surface area contributed by atoms with Crippen molar-refractivity contribution in [2.45, 2.75) is 19.5 Å². The number of thiophene rings is 1. The van der Waals surface area contributed by atoms with Crippen molar-refractivity contribution in [3.63, 3.8) is 0 Å². The van der Waals surface area contributed by atoms with E-state index in [1.54, 1.807) is 17.6 Å². The number of hydrogen-bond donors (Lipinski definition) is 0. The van der Waals surface area contributed by atoms with E-state index in [4.69, 9.17) is 4.52 Å². The molecule has 0 amide bonds. The maximum Gasteiger partial charge on any atom is 0.169 e. The zero-order valence-electron chi connectivity index (χ0n) is 11.9. The van der Waals surface area contributed by atoms with Gasteiger partial charge in [-0.1, -0.05) is 11.2 Å². The molecule has 108 valence electrons. The fourth-order valence-corrected chi connectivity index (χ4v) is 2.73. The first-order valence-electron chi connectivity index (χ1n) is 6.69. The lowest BCUT2D eigenvalue weighted by Crippen LogP contribution is -2.22. The zero-order valence-corrected chi connectivity index (χ0v) is 12.7. The highest BCUT2D eigenvalue weighted by Crippen LogP contribution is 2.21. The second kappa shape index (κ2) is 6.15. The van der Waals surface area contributed by atoms with Gasteiger partial charge in [-0.05, 0) is 25.4 Å². The summed E-state index contributed by atoms with van der Waals surface area (Å²) in [5.74, 6) is 0.779. The number of rotatable bonds is 5. The molecular weight excluding hydrogens is 284 g/mol. The molecule has 0 radical (unpaired) electrons. The van der Waals surface area contributed by atoms with Crippen LogP contribution in [0.2, 0.25) is 0 Å². The predicted molar refractivity (Wildman–Crippen MR) is 81.7 cm³/mol. The fourth-order valence-electron chi connectivity index (χ4n) is 2.06. The van der Waals surface area contributed by atoms with Gasteiger partial charge < -0.3 is 4.52 Å². The molecule has 0 fully saturated rings. The molecule has 0 unspecified atom stereocenters. The van der Waals surface area contributed by atoms with Crippen LogP contribution in [-0.2, 0) is 6.54 Å². The monoisotopic (exact) mass is 300 g/mol. The zero-order chi connectivity index (χ0) is 14.7. The van der Waals surface area contributed by atoms with Gasteiger partial charge in [0.25, 0.3) is 0 Å². The fraction of sp³-hybridized carbons (Fsp3) is 0.267. The predicted octanol–water partition coefficient (Wildman–Crippen LogP) is 3.39. The van der Waals surface area contributed by atoms with Gasteiger partial charge in [-0.2, -0.15) is 0 Å². The summed E-state index contributed by atoms with van der Waals surface area (Å²) in [6, 6.07) is 6.10. The second-order valence-corrected chi connectivity index (χ2v) is 5.86. The standard InChI is InChI=1S/C15H16N4OS/c1-11(13-5-6-20-18-13)19(2)10-12-8-16-15(17-9-12)14-4-3-7-21-14/h3-9,11H,10H2,1-2H3/t11-/m1/s1. The summed E-state index contributed by atoms with van der Waals surface area (Å²) in [5.41, 5.74) is 2.00. The molecule has 0 aromatic carbocycles. The summed E-state index contributed by atoms with van der Waals surface area (Å²) < 4.78 is 4.89. The Hall–Kier alpha value is -2.05. The molecule has 3 heterocycles. The minimum Gasteiger partial charge on any atom is -0.364 e. The Labute approximate surface area is 127 Å². The quantitative estimate of drug-likeness (QED) is 0.723. The van der Waals surface area contributed by atoms with E-state index in [1.807, 2.05) is 43.0 Å². The Kier molecular flexibility index (Phi) is 4.08. The lowest BCUT2D eigenvalue weighted by molar-refractivity contribution is 0.240. The molecule has 0 spiro atoms. The second-order valence-electron chi connectivity index (χ2n) is 4.91. The summed E-state index contributed by atoms with van der Waals surface area (Å²) in [7, 11) is 2.05. The molecule has 3 aromatic heterocycles. The Morgan fingerprint density at radius 1 is 1.29 bits per heavy atom. The molecule has 0 N–H and O–H groups in total. The van der Waals surface area contributed by atoms with Crippen LogP contribution in [0.1, 0.15) is 24.2 Å². The van der Waals surface area contributed by atoms with Crippen molar-refractivity contribution >= 4 is 11.3 Å². The van der Waals surface area contributed by atoms with Gasteiger partial charge in [0.1, 0.15) is 12.0 Å². The molecular formula is C15H16N4OS. The summed E-state index contributed by atoms with van der Waals surface area (Å²) in [6.45, 7) is 2.86. The molecule has 21 heavy (non-hydrogen) atoms. The lowest BCUT2D eigenvalue weighted by atomic mass is 10.2. The molecule has 0 aliphatic rings. The number of nitrogens with zero attached hydrogens (tertiary/aromatic N) is 4. The Bertz CT molecular complexity index is 664. The molecule has 0 saturated heterocycles. The van der Waals surface area contributed by atoms with Crippen LogP contribution >= 0.6 is 11.3 Å². The van der Waals surface area contributed by atoms with Gasteiger partial charge in [0.2, 0.25) is 0 Å². The Morgan fingerprint density at radius 2 is 2.10 bits per heavy atom. The van der Waals surface area contributed by atoms with Crippen LogP contribution in [0, 0.1) is 0 Å². The van der Waals surface area contributed by atoms with Crippen molar-refractivity contribution in [2.75, 3.05) is 7.05 Å². The highest BCUT2D eigenvalue weighted by Gasteiger charge is 2.15. The lowest BCUT2D eigenvalue weighted by Gasteiger charge is -2.22. The molecule has 0 bridgehead atoms. The van der Waals surface area contributed by atoms with Crippen molar-refractivity contribution in [2.24, 2.45) is 0 Å². The van der Waals surface area contributed by atoms with Crippen LogP contribution in [0.25, 0.3) is 10.7 Å². The third-order valence-corrected chi connectivity index (χ3v) is 4.29. The van der Waals surface area contributed by atoms with Crippen molar-refractivity contribution in [1.82, 2.24) is 20.0 Å². The first-order valence-corrected chi connectivity index (χ1v) is 7.57. The van der Waals surface area contributed by atoms with Gasteiger partial charge in [0.15, 0.2) is 5.82 Å². The van der Waals surface area contributed by atoms with E-state index in [-0.39, 0.29) is 6.04 Å². The number of hydrogen-bond acceptors (Lipinski definition) is 6. The topological polar surface area (TPSA) is 55.1 Å². The van der Waals surface area contributed by atoms with Crippen LogP contribution in [0.15, 0.2) is 46.8 Å². The van der Waals surface area contributed by atoms with E-state index in [9.17, 15) is 0 Å². The maximum absolute atomic E-state index is 4.89. The molecule has 0 saturated carbocycles. The summed E-state index contributed by atoms with van der Waals surface area (Å²) >= 11 is 1.64. The van der Waals surface area contributed by atoms with Crippen LogP contribution < -0.4 is 0 Å².